The number of amides is 1. The average molecular weight is 409 g/mol. The van der Waals surface area contributed by atoms with Crippen molar-refractivity contribution in [2.24, 2.45) is 0 Å². The first-order chi connectivity index (χ1) is 14.6. The number of H-pyrrole nitrogens is 2. The monoisotopic (exact) mass is 408 g/mol. The van der Waals surface area contributed by atoms with E-state index < -0.39 is 0 Å². The third-order valence-electron chi connectivity index (χ3n) is 5.14. The van der Waals surface area contributed by atoms with E-state index in [9.17, 15) is 14.4 Å². The van der Waals surface area contributed by atoms with Crippen LogP contribution in [-0.2, 0) is 11.2 Å². The Morgan fingerprint density at radius 1 is 1.03 bits per heavy atom. The summed E-state index contributed by atoms with van der Waals surface area (Å²) in [6, 6.07) is 10.6. The number of aromatic nitrogens is 3. The fraction of sp³-hybridized carbons (Fsp3) is 0.391. The molecule has 30 heavy (non-hydrogen) atoms. The molecule has 1 aliphatic carbocycles. The molecule has 1 aliphatic rings. The third kappa shape index (κ3) is 6.69. The maximum Gasteiger partial charge on any atom is 0.258 e. The Labute approximate surface area is 175 Å². The van der Waals surface area contributed by atoms with Crippen LogP contribution in [0.2, 0.25) is 0 Å². The van der Waals surface area contributed by atoms with Crippen LogP contribution in [0.15, 0.2) is 58.4 Å². The number of rotatable bonds is 5. The maximum absolute atomic E-state index is 12.0. The van der Waals surface area contributed by atoms with Crippen molar-refractivity contribution in [2.45, 2.75) is 57.4 Å². The minimum absolute atomic E-state index is 0.0405. The number of carbonyl (C=O) groups excluding carboxylic acids is 1. The zero-order valence-electron chi connectivity index (χ0n) is 17.0. The van der Waals surface area contributed by atoms with E-state index >= 15 is 0 Å². The topological polar surface area (TPSA) is 108 Å². The predicted molar refractivity (Wildman–Crippen MR) is 117 cm³/mol. The maximum atomic E-state index is 12.0. The van der Waals surface area contributed by atoms with E-state index in [0.29, 0.717) is 42.0 Å². The van der Waals surface area contributed by atoms with Gasteiger partial charge in [0.25, 0.3) is 5.56 Å². The van der Waals surface area contributed by atoms with Crippen LogP contribution >= 0.6 is 0 Å². The van der Waals surface area contributed by atoms with Gasteiger partial charge >= 0.3 is 0 Å². The molecule has 2 heterocycles. The average Bonchev–Trinajstić information content (AvgIpc) is 2.75. The highest BCUT2D eigenvalue weighted by atomic mass is 16.1. The molecular formula is C23H28N4O3. The first kappa shape index (κ1) is 21.5. The second-order valence-corrected chi connectivity index (χ2v) is 7.52. The molecule has 7 heteroatoms. The Bertz CT molecular complexity index is 1050. The molecule has 3 aromatic rings. The molecule has 1 aromatic carbocycles. The van der Waals surface area contributed by atoms with E-state index in [1.54, 1.807) is 18.5 Å². The van der Waals surface area contributed by atoms with Gasteiger partial charge in [-0.3, -0.25) is 14.4 Å². The van der Waals surface area contributed by atoms with Crippen LogP contribution in [-0.4, -0.2) is 26.9 Å². The van der Waals surface area contributed by atoms with Crippen LogP contribution in [0.4, 0.5) is 0 Å². The Morgan fingerprint density at radius 3 is 2.47 bits per heavy atom. The number of hydrogen-bond donors (Lipinski definition) is 3. The van der Waals surface area contributed by atoms with Gasteiger partial charge in [-0.15, -0.1) is 0 Å². The van der Waals surface area contributed by atoms with E-state index in [4.69, 9.17) is 0 Å². The molecule has 0 aliphatic heterocycles. The van der Waals surface area contributed by atoms with E-state index in [0.717, 1.165) is 12.8 Å². The number of aryl methyl sites for hydroxylation is 1. The summed E-state index contributed by atoms with van der Waals surface area (Å²) in [4.78, 5) is 44.2. The molecular weight excluding hydrogens is 380 g/mol. The SMILES string of the molecule is O=C(CCCc1nc2ccccc2c(=O)[nH]1)NC1CCCCC1.O=c1cc[nH]cc1. The number of nitrogens with one attached hydrogen (secondary N) is 3. The van der Waals surface area contributed by atoms with E-state index in [-0.39, 0.29) is 16.9 Å². The first-order valence-corrected chi connectivity index (χ1v) is 10.5. The Hall–Kier alpha value is -3.22. The molecule has 158 valence electrons. The highest BCUT2D eigenvalue weighted by molar-refractivity contribution is 5.77. The molecule has 3 N–H and O–H groups in total. The number of fused-ring (bicyclic) bond motifs is 1. The number of benzene rings is 1. The van der Waals surface area contributed by atoms with Crippen molar-refractivity contribution in [1.82, 2.24) is 20.3 Å². The summed E-state index contributed by atoms with van der Waals surface area (Å²) in [5, 5.41) is 3.72. The summed E-state index contributed by atoms with van der Waals surface area (Å²) in [5.41, 5.74) is 0.633. The van der Waals surface area contributed by atoms with Crippen molar-refractivity contribution in [3.8, 4) is 0 Å². The lowest BCUT2D eigenvalue weighted by Gasteiger charge is -2.22. The summed E-state index contributed by atoms with van der Waals surface area (Å²) >= 11 is 0. The Kier molecular flexibility index (Phi) is 7.94. The van der Waals surface area contributed by atoms with Gasteiger partial charge in [-0.1, -0.05) is 31.4 Å². The summed E-state index contributed by atoms with van der Waals surface area (Å²) < 4.78 is 0. The number of aromatic amines is 2. The van der Waals surface area contributed by atoms with Gasteiger partial charge < -0.3 is 15.3 Å². The van der Waals surface area contributed by atoms with Crippen molar-refractivity contribution >= 4 is 16.8 Å². The van der Waals surface area contributed by atoms with Crippen molar-refractivity contribution in [3.05, 3.63) is 75.2 Å². The van der Waals surface area contributed by atoms with Crippen LogP contribution in [0.25, 0.3) is 10.9 Å². The Morgan fingerprint density at radius 2 is 1.77 bits per heavy atom. The van der Waals surface area contributed by atoms with Crippen molar-refractivity contribution in [2.75, 3.05) is 0 Å². The molecule has 7 nitrogen and oxygen atoms in total. The van der Waals surface area contributed by atoms with Gasteiger partial charge in [-0.25, -0.2) is 4.98 Å². The zero-order valence-corrected chi connectivity index (χ0v) is 17.0. The van der Waals surface area contributed by atoms with Gasteiger partial charge in [0.2, 0.25) is 5.91 Å². The van der Waals surface area contributed by atoms with Gasteiger partial charge in [0.05, 0.1) is 10.9 Å². The molecule has 1 saturated carbocycles. The van der Waals surface area contributed by atoms with Gasteiger partial charge in [-0.2, -0.15) is 0 Å². The molecule has 4 rings (SSSR count). The van der Waals surface area contributed by atoms with Gasteiger partial charge in [-0.05, 0) is 31.4 Å². The lowest BCUT2D eigenvalue weighted by Crippen LogP contribution is -2.36. The Balaban J connectivity index is 0.000000310. The van der Waals surface area contributed by atoms with Gasteiger partial charge in [0, 0.05) is 43.4 Å². The molecule has 0 unspecified atom stereocenters. The van der Waals surface area contributed by atoms with Crippen LogP contribution in [0, 0.1) is 0 Å². The van der Waals surface area contributed by atoms with Crippen molar-refractivity contribution in [3.63, 3.8) is 0 Å². The number of pyridine rings is 1. The largest absolute Gasteiger partial charge is 0.367 e. The van der Waals surface area contributed by atoms with Crippen LogP contribution < -0.4 is 16.3 Å². The second kappa shape index (κ2) is 11.1. The lowest BCUT2D eigenvalue weighted by atomic mass is 9.95. The molecule has 0 radical (unpaired) electrons. The molecule has 0 atom stereocenters. The molecule has 2 aromatic heterocycles. The van der Waals surface area contributed by atoms with Crippen molar-refractivity contribution < 1.29 is 4.79 Å². The van der Waals surface area contributed by atoms with Crippen LogP contribution in [0.3, 0.4) is 0 Å². The normalized spacial score (nSPS) is 14.0. The first-order valence-electron chi connectivity index (χ1n) is 10.5. The fourth-order valence-electron chi connectivity index (χ4n) is 3.59. The molecule has 1 fully saturated rings. The van der Waals surface area contributed by atoms with E-state index in [1.807, 2.05) is 18.2 Å². The molecule has 0 saturated heterocycles. The quantitative estimate of drug-likeness (QED) is 0.603. The highest BCUT2D eigenvalue weighted by Gasteiger charge is 2.15. The smallest absolute Gasteiger partial charge is 0.258 e. The predicted octanol–water partition coefficient (Wildman–Crippen LogP) is 3.07. The molecule has 0 spiro atoms. The number of hydrogen-bond acceptors (Lipinski definition) is 4. The molecule has 1 amide bonds. The van der Waals surface area contributed by atoms with E-state index in [2.05, 4.69) is 20.3 Å². The van der Waals surface area contributed by atoms with Gasteiger partial charge in [0.1, 0.15) is 5.82 Å². The second-order valence-electron chi connectivity index (χ2n) is 7.52. The summed E-state index contributed by atoms with van der Waals surface area (Å²) in [7, 11) is 0. The fourth-order valence-corrected chi connectivity index (χ4v) is 3.59. The van der Waals surface area contributed by atoms with E-state index in [1.165, 1.54) is 31.4 Å². The van der Waals surface area contributed by atoms with Crippen LogP contribution in [0.1, 0.15) is 50.8 Å². The third-order valence-corrected chi connectivity index (χ3v) is 5.14. The number of para-hydroxylation sites is 1. The van der Waals surface area contributed by atoms with Crippen molar-refractivity contribution in [1.29, 1.82) is 0 Å². The summed E-state index contributed by atoms with van der Waals surface area (Å²) in [5.74, 6) is 0.763. The standard InChI is InChI=1S/C18H23N3O2.C5H5NO/c22-17(19-13-7-2-1-3-8-13)12-6-11-16-20-15-10-5-4-9-14(15)18(23)21-16;7-5-1-3-6-4-2-5/h4-5,9-10,13H,1-3,6-8,11-12H2,(H,19,22)(H,20,21,23);1-4H,(H,6,7). The lowest BCUT2D eigenvalue weighted by molar-refractivity contribution is -0.122. The van der Waals surface area contributed by atoms with Gasteiger partial charge in [0.15, 0.2) is 5.43 Å². The zero-order chi connectivity index (χ0) is 21.2. The number of carbonyl (C=O) groups is 1. The molecule has 0 bridgehead atoms. The highest BCUT2D eigenvalue weighted by Crippen LogP contribution is 2.17. The summed E-state index contributed by atoms with van der Waals surface area (Å²) in [6.45, 7) is 0. The summed E-state index contributed by atoms with van der Waals surface area (Å²) in [6.07, 6.45) is 10.9. The minimum Gasteiger partial charge on any atom is -0.367 e. The van der Waals surface area contributed by atoms with Crippen LogP contribution in [0.5, 0.6) is 0 Å². The minimum atomic E-state index is -0.114. The number of nitrogens with zero attached hydrogens (tertiary/aromatic N) is 1.